The molecular weight excluding hydrogens is 310 g/mol. The molecule has 0 saturated carbocycles. The van der Waals surface area contributed by atoms with Gasteiger partial charge in [-0.25, -0.2) is 0 Å². The standard InChI is InChI=1S/C18H25NO5/c1-12-4-3-5-13(15(12)21)16(22)19-8-6-18(7-9-19)11-17(2,23)14(20)10-24-18/h3-5,14,20-21,23H,6-11H2,1-2H3/t14-,17-/m0/s1. The maximum atomic E-state index is 12.7. The number of amides is 1. The van der Waals surface area contributed by atoms with Crippen molar-refractivity contribution in [3.05, 3.63) is 29.3 Å². The van der Waals surface area contributed by atoms with Crippen LogP contribution in [0.15, 0.2) is 18.2 Å². The summed E-state index contributed by atoms with van der Waals surface area (Å²) in [4.78, 5) is 14.4. The summed E-state index contributed by atoms with van der Waals surface area (Å²) in [6, 6.07) is 5.16. The quantitative estimate of drug-likeness (QED) is 0.718. The first-order valence-electron chi connectivity index (χ1n) is 8.36. The fraction of sp³-hybridized carbons (Fsp3) is 0.611. The van der Waals surface area contributed by atoms with E-state index in [1.807, 2.05) is 0 Å². The monoisotopic (exact) mass is 335 g/mol. The molecule has 0 aliphatic carbocycles. The first-order valence-corrected chi connectivity index (χ1v) is 8.36. The van der Waals surface area contributed by atoms with Gasteiger partial charge in [-0.3, -0.25) is 4.79 Å². The van der Waals surface area contributed by atoms with Crippen molar-refractivity contribution in [1.82, 2.24) is 4.90 Å². The minimum atomic E-state index is -1.17. The third-order valence-electron chi connectivity index (χ3n) is 5.38. The molecule has 2 aliphatic rings. The molecule has 2 atom stereocenters. The second-order valence-electron chi connectivity index (χ2n) is 7.31. The van der Waals surface area contributed by atoms with Gasteiger partial charge in [0.2, 0.25) is 0 Å². The lowest BCUT2D eigenvalue weighted by Gasteiger charge is -2.49. The minimum absolute atomic E-state index is 0.0303. The molecule has 1 aromatic carbocycles. The number of phenols is 1. The Balaban J connectivity index is 1.69. The Morgan fingerprint density at radius 3 is 2.62 bits per heavy atom. The van der Waals surface area contributed by atoms with Crippen molar-refractivity contribution in [2.45, 2.75) is 50.4 Å². The Kier molecular flexibility index (Phi) is 4.32. The number of aliphatic hydroxyl groups excluding tert-OH is 1. The number of nitrogens with zero attached hydrogens (tertiary/aromatic N) is 1. The number of aliphatic hydroxyl groups is 2. The average molecular weight is 335 g/mol. The Bertz CT molecular complexity index is 634. The molecular formula is C18H25NO5. The molecule has 2 heterocycles. The third-order valence-corrected chi connectivity index (χ3v) is 5.38. The lowest BCUT2D eigenvalue weighted by molar-refractivity contribution is -0.221. The molecule has 24 heavy (non-hydrogen) atoms. The molecule has 2 aliphatic heterocycles. The van der Waals surface area contributed by atoms with E-state index in [1.54, 1.807) is 36.9 Å². The maximum Gasteiger partial charge on any atom is 0.257 e. The van der Waals surface area contributed by atoms with Gasteiger partial charge in [0.25, 0.3) is 5.91 Å². The normalized spacial score (nSPS) is 29.7. The van der Waals surface area contributed by atoms with Crippen molar-refractivity contribution < 1.29 is 24.9 Å². The minimum Gasteiger partial charge on any atom is -0.507 e. The van der Waals surface area contributed by atoms with Crippen LogP contribution in [-0.2, 0) is 4.74 Å². The van der Waals surface area contributed by atoms with E-state index in [0.29, 0.717) is 43.5 Å². The Hall–Kier alpha value is -1.63. The maximum absolute atomic E-state index is 12.7. The number of likely N-dealkylation sites (tertiary alicyclic amines) is 1. The highest BCUT2D eigenvalue weighted by Crippen LogP contribution is 2.40. The summed E-state index contributed by atoms with van der Waals surface area (Å²) < 4.78 is 5.83. The summed E-state index contributed by atoms with van der Waals surface area (Å²) in [7, 11) is 0. The van der Waals surface area contributed by atoms with Crippen LogP contribution in [-0.4, -0.2) is 63.1 Å². The lowest BCUT2D eigenvalue weighted by atomic mass is 9.76. The van der Waals surface area contributed by atoms with E-state index in [1.165, 1.54) is 0 Å². The van der Waals surface area contributed by atoms with Gasteiger partial charge in [-0.15, -0.1) is 0 Å². The number of aromatic hydroxyl groups is 1. The molecule has 0 radical (unpaired) electrons. The van der Waals surface area contributed by atoms with Crippen LogP contribution in [0.25, 0.3) is 0 Å². The number of carbonyl (C=O) groups excluding carboxylic acids is 1. The highest BCUT2D eigenvalue weighted by Gasteiger charge is 2.49. The van der Waals surface area contributed by atoms with Crippen molar-refractivity contribution in [1.29, 1.82) is 0 Å². The molecule has 3 rings (SSSR count). The number of para-hydroxylation sites is 1. The van der Waals surface area contributed by atoms with E-state index in [4.69, 9.17) is 4.74 Å². The van der Waals surface area contributed by atoms with Crippen LogP contribution in [0.1, 0.15) is 42.1 Å². The first-order chi connectivity index (χ1) is 11.2. The molecule has 1 aromatic rings. The number of ether oxygens (including phenoxy) is 1. The van der Waals surface area contributed by atoms with Crippen LogP contribution in [0.5, 0.6) is 5.75 Å². The molecule has 6 nitrogen and oxygen atoms in total. The molecule has 0 aromatic heterocycles. The Morgan fingerprint density at radius 2 is 2.00 bits per heavy atom. The van der Waals surface area contributed by atoms with Gasteiger partial charge in [0.15, 0.2) is 0 Å². The second-order valence-corrected chi connectivity index (χ2v) is 7.31. The topological polar surface area (TPSA) is 90.2 Å². The van der Waals surface area contributed by atoms with Crippen molar-refractivity contribution >= 4 is 5.91 Å². The van der Waals surface area contributed by atoms with Crippen molar-refractivity contribution in [2.75, 3.05) is 19.7 Å². The second kappa shape index (κ2) is 6.02. The predicted molar refractivity (Wildman–Crippen MR) is 87.9 cm³/mol. The van der Waals surface area contributed by atoms with Gasteiger partial charge < -0.3 is 25.0 Å². The Labute approximate surface area is 141 Å². The molecule has 1 amide bonds. The van der Waals surface area contributed by atoms with Gasteiger partial charge in [0.1, 0.15) is 11.9 Å². The number of rotatable bonds is 1. The summed E-state index contributed by atoms with van der Waals surface area (Å²) in [5.74, 6) is -0.156. The summed E-state index contributed by atoms with van der Waals surface area (Å²) >= 11 is 0. The summed E-state index contributed by atoms with van der Waals surface area (Å²) in [5, 5.41) is 30.3. The SMILES string of the molecule is Cc1cccc(C(=O)N2CCC3(CC2)C[C@](C)(O)[C@@H](O)CO3)c1O. The largest absolute Gasteiger partial charge is 0.507 e. The molecule has 3 N–H and O–H groups in total. The highest BCUT2D eigenvalue weighted by atomic mass is 16.5. The molecule has 132 valence electrons. The molecule has 6 heteroatoms. The Morgan fingerprint density at radius 1 is 1.33 bits per heavy atom. The zero-order valence-corrected chi connectivity index (χ0v) is 14.2. The molecule has 1 spiro atoms. The molecule has 2 fully saturated rings. The number of hydrogen-bond acceptors (Lipinski definition) is 5. The number of carbonyl (C=O) groups is 1. The molecule has 2 saturated heterocycles. The molecule has 0 unspecified atom stereocenters. The lowest BCUT2D eigenvalue weighted by Crippen LogP contribution is -2.59. The summed E-state index contributed by atoms with van der Waals surface area (Å²) in [5.41, 5.74) is -0.666. The average Bonchev–Trinajstić information content (AvgIpc) is 2.54. The number of aryl methyl sites for hydroxylation is 1. The van der Waals surface area contributed by atoms with E-state index >= 15 is 0 Å². The van der Waals surface area contributed by atoms with Crippen LogP contribution < -0.4 is 0 Å². The highest BCUT2D eigenvalue weighted by molar-refractivity contribution is 5.97. The van der Waals surface area contributed by atoms with Gasteiger partial charge in [-0.05, 0) is 38.3 Å². The van der Waals surface area contributed by atoms with Crippen molar-refractivity contribution in [2.24, 2.45) is 0 Å². The zero-order valence-electron chi connectivity index (χ0n) is 14.2. The fourth-order valence-corrected chi connectivity index (χ4v) is 3.70. The van der Waals surface area contributed by atoms with Gasteiger partial charge in [0, 0.05) is 19.5 Å². The number of hydrogen-bond donors (Lipinski definition) is 3. The van der Waals surface area contributed by atoms with E-state index < -0.39 is 17.3 Å². The summed E-state index contributed by atoms with van der Waals surface area (Å²) in [6.07, 6.45) is 0.688. The smallest absolute Gasteiger partial charge is 0.257 e. The van der Waals surface area contributed by atoms with E-state index in [0.717, 1.165) is 0 Å². The van der Waals surface area contributed by atoms with E-state index in [-0.39, 0.29) is 18.3 Å². The van der Waals surface area contributed by atoms with Crippen LogP contribution in [0.4, 0.5) is 0 Å². The van der Waals surface area contributed by atoms with Crippen molar-refractivity contribution in [3.63, 3.8) is 0 Å². The van der Waals surface area contributed by atoms with Crippen molar-refractivity contribution in [3.8, 4) is 5.75 Å². The van der Waals surface area contributed by atoms with Gasteiger partial charge in [-0.2, -0.15) is 0 Å². The number of benzene rings is 1. The summed E-state index contributed by atoms with van der Waals surface area (Å²) in [6.45, 7) is 4.50. The van der Waals surface area contributed by atoms with Crippen LogP contribution >= 0.6 is 0 Å². The predicted octanol–water partition coefficient (Wildman–Crippen LogP) is 1.21. The number of phenolic OH excluding ortho intramolecular Hbond substituents is 1. The van der Waals surface area contributed by atoms with Crippen LogP contribution in [0.2, 0.25) is 0 Å². The van der Waals surface area contributed by atoms with Crippen LogP contribution in [0, 0.1) is 6.92 Å². The van der Waals surface area contributed by atoms with Gasteiger partial charge in [-0.1, -0.05) is 12.1 Å². The number of piperidine rings is 1. The third kappa shape index (κ3) is 3.01. The van der Waals surface area contributed by atoms with Gasteiger partial charge >= 0.3 is 0 Å². The van der Waals surface area contributed by atoms with E-state index in [2.05, 4.69) is 0 Å². The van der Waals surface area contributed by atoms with E-state index in [9.17, 15) is 20.1 Å². The van der Waals surface area contributed by atoms with Crippen LogP contribution in [0.3, 0.4) is 0 Å². The molecule has 0 bridgehead atoms. The zero-order chi connectivity index (χ0) is 17.5. The van der Waals surface area contributed by atoms with Gasteiger partial charge in [0.05, 0.1) is 23.4 Å². The fourth-order valence-electron chi connectivity index (χ4n) is 3.70. The first kappa shape index (κ1) is 17.2.